The minimum Gasteiger partial charge on any atom is -0.478 e. The van der Waals surface area contributed by atoms with Crippen molar-refractivity contribution in [2.24, 2.45) is 0 Å². The van der Waals surface area contributed by atoms with Gasteiger partial charge in [-0.05, 0) is 29.7 Å². The Morgan fingerprint density at radius 2 is 2.10 bits per heavy atom. The largest absolute Gasteiger partial charge is 0.478 e. The zero-order valence-electron chi connectivity index (χ0n) is 10.5. The molecule has 0 saturated heterocycles. The van der Waals surface area contributed by atoms with E-state index in [1.165, 1.54) is 0 Å². The van der Waals surface area contributed by atoms with Gasteiger partial charge in [0.25, 0.3) is 0 Å². The molecule has 0 aliphatic rings. The van der Waals surface area contributed by atoms with E-state index in [4.69, 9.17) is 5.11 Å². The lowest BCUT2D eigenvalue weighted by atomic mass is 10.1. The summed E-state index contributed by atoms with van der Waals surface area (Å²) in [5, 5.41) is 10.9. The van der Waals surface area contributed by atoms with E-state index in [-0.39, 0.29) is 0 Å². The summed E-state index contributed by atoms with van der Waals surface area (Å²) in [6, 6.07) is 12.0. The van der Waals surface area contributed by atoms with Gasteiger partial charge >= 0.3 is 5.97 Å². The zero-order chi connectivity index (χ0) is 13.9. The highest BCUT2D eigenvalue weighted by Crippen LogP contribution is 2.33. The van der Waals surface area contributed by atoms with Crippen LogP contribution >= 0.6 is 11.3 Å². The molecule has 0 saturated carbocycles. The molecule has 0 atom stereocenters. The normalized spacial score (nSPS) is 11.2. The number of thiophene rings is 1. The van der Waals surface area contributed by atoms with Crippen molar-refractivity contribution < 1.29 is 9.90 Å². The Kier molecular flexibility index (Phi) is 3.31. The average molecular weight is 281 g/mol. The summed E-state index contributed by atoms with van der Waals surface area (Å²) in [4.78, 5) is 16.7. The highest BCUT2D eigenvalue weighted by Gasteiger charge is 2.06. The third-order valence-corrected chi connectivity index (χ3v) is 4.05. The first-order chi connectivity index (χ1) is 9.74. The molecule has 2 heterocycles. The summed E-state index contributed by atoms with van der Waals surface area (Å²) in [5.41, 5.74) is 1.12. The molecule has 0 unspecified atom stereocenters. The van der Waals surface area contributed by atoms with Crippen molar-refractivity contribution in [2.75, 3.05) is 0 Å². The summed E-state index contributed by atoms with van der Waals surface area (Å²) in [6.07, 6.45) is 6.40. The van der Waals surface area contributed by atoms with Crippen molar-refractivity contribution in [3.8, 4) is 10.4 Å². The lowest BCUT2D eigenvalue weighted by Crippen LogP contribution is -1.84. The molecular formula is C16H11NO2S. The fourth-order valence-electron chi connectivity index (χ4n) is 2.07. The third kappa shape index (κ3) is 2.46. The van der Waals surface area contributed by atoms with E-state index in [0.29, 0.717) is 0 Å². The van der Waals surface area contributed by atoms with Crippen molar-refractivity contribution in [1.82, 2.24) is 4.98 Å². The fraction of sp³-hybridized carbons (Fsp3) is 0. The van der Waals surface area contributed by atoms with E-state index in [2.05, 4.69) is 17.1 Å². The van der Waals surface area contributed by atoms with Crippen molar-refractivity contribution >= 4 is 34.2 Å². The number of nitrogens with zero attached hydrogens (tertiary/aromatic N) is 1. The molecule has 0 bridgehead atoms. The third-order valence-electron chi connectivity index (χ3n) is 2.97. The molecule has 20 heavy (non-hydrogen) atoms. The number of carboxylic acid groups (broad SMARTS) is 1. The average Bonchev–Trinajstić information content (AvgIpc) is 2.93. The molecule has 0 spiro atoms. The second kappa shape index (κ2) is 5.27. The Labute approximate surface area is 119 Å². The van der Waals surface area contributed by atoms with E-state index in [1.54, 1.807) is 23.6 Å². The van der Waals surface area contributed by atoms with Gasteiger partial charge in [0.15, 0.2) is 0 Å². The lowest BCUT2D eigenvalue weighted by molar-refractivity contribution is -0.131. The van der Waals surface area contributed by atoms with Crippen LogP contribution in [0.1, 0.15) is 4.88 Å². The number of benzene rings is 1. The van der Waals surface area contributed by atoms with Crippen LogP contribution in [0, 0.1) is 0 Å². The lowest BCUT2D eigenvalue weighted by Gasteiger charge is -2.03. The van der Waals surface area contributed by atoms with Gasteiger partial charge in [-0.15, -0.1) is 11.3 Å². The number of aliphatic carboxylic acids is 1. The Morgan fingerprint density at radius 1 is 1.20 bits per heavy atom. The molecule has 0 radical (unpaired) electrons. The maximum absolute atomic E-state index is 10.5. The highest BCUT2D eigenvalue weighted by molar-refractivity contribution is 7.16. The van der Waals surface area contributed by atoms with Crippen molar-refractivity contribution in [2.45, 2.75) is 0 Å². The molecule has 0 aliphatic carbocycles. The summed E-state index contributed by atoms with van der Waals surface area (Å²) < 4.78 is 0. The summed E-state index contributed by atoms with van der Waals surface area (Å²) in [7, 11) is 0. The van der Waals surface area contributed by atoms with Crippen LogP contribution in [0.2, 0.25) is 0 Å². The summed E-state index contributed by atoms with van der Waals surface area (Å²) >= 11 is 1.56. The summed E-state index contributed by atoms with van der Waals surface area (Å²) in [5.74, 6) is -0.936. The molecule has 1 N–H and O–H groups in total. The molecule has 0 amide bonds. The van der Waals surface area contributed by atoms with Crippen molar-refractivity contribution in [3.05, 3.63) is 59.7 Å². The maximum Gasteiger partial charge on any atom is 0.328 e. The van der Waals surface area contributed by atoms with Gasteiger partial charge in [0, 0.05) is 39.2 Å². The maximum atomic E-state index is 10.5. The van der Waals surface area contributed by atoms with Gasteiger partial charge in [-0.25, -0.2) is 4.79 Å². The van der Waals surface area contributed by atoms with E-state index < -0.39 is 5.97 Å². The van der Waals surface area contributed by atoms with Gasteiger partial charge < -0.3 is 5.11 Å². The zero-order valence-corrected chi connectivity index (χ0v) is 11.3. The quantitative estimate of drug-likeness (QED) is 0.736. The molecule has 3 aromatic rings. The van der Waals surface area contributed by atoms with Gasteiger partial charge in [0.1, 0.15) is 0 Å². The van der Waals surface area contributed by atoms with E-state index >= 15 is 0 Å². The number of rotatable bonds is 3. The Bertz CT molecular complexity index is 800. The summed E-state index contributed by atoms with van der Waals surface area (Å²) in [6.45, 7) is 0. The number of fused-ring (bicyclic) bond motifs is 1. The van der Waals surface area contributed by atoms with E-state index in [0.717, 1.165) is 32.2 Å². The number of hydrogen-bond donors (Lipinski definition) is 1. The first kappa shape index (κ1) is 12.6. The van der Waals surface area contributed by atoms with Crippen LogP contribution in [0.25, 0.3) is 27.3 Å². The minimum atomic E-state index is -0.936. The van der Waals surface area contributed by atoms with Gasteiger partial charge in [-0.1, -0.05) is 18.2 Å². The van der Waals surface area contributed by atoms with Crippen molar-refractivity contribution in [3.63, 3.8) is 0 Å². The Balaban J connectivity index is 2.06. The number of pyridine rings is 1. The Morgan fingerprint density at radius 3 is 2.95 bits per heavy atom. The minimum absolute atomic E-state index is 0.920. The topological polar surface area (TPSA) is 50.2 Å². The van der Waals surface area contributed by atoms with Crippen LogP contribution < -0.4 is 0 Å². The number of carboxylic acids is 1. The predicted octanol–water partition coefficient (Wildman–Crippen LogP) is 4.06. The van der Waals surface area contributed by atoms with Gasteiger partial charge in [-0.2, -0.15) is 0 Å². The number of hydrogen-bond acceptors (Lipinski definition) is 3. The SMILES string of the molecule is O=C(O)/C=C/c1ccc(-c2cccc3ccncc23)s1. The first-order valence-electron chi connectivity index (χ1n) is 6.08. The van der Waals surface area contributed by atoms with E-state index in [9.17, 15) is 4.79 Å². The molecule has 0 aliphatic heterocycles. The molecule has 1 aromatic carbocycles. The molecule has 0 fully saturated rings. The van der Waals surface area contributed by atoms with E-state index in [1.807, 2.05) is 30.5 Å². The smallest absolute Gasteiger partial charge is 0.328 e. The van der Waals surface area contributed by atoms with Gasteiger partial charge in [-0.3, -0.25) is 4.98 Å². The van der Waals surface area contributed by atoms with Crippen LogP contribution in [0.15, 0.2) is 54.9 Å². The predicted molar refractivity (Wildman–Crippen MR) is 81.7 cm³/mol. The molecule has 2 aromatic heterocycles. The van der Waals surface area contributed by atoms with Crippen LogP contribution in [0.4, 0.5) is 0 Å². The van der Waals surface area contributed by atoms with Crippen LogP contribution in [0.5, 0.6) is 0 Å². The fourth-order valence-corrected chi connectivity index (χ4v) is 3.02. The van der Waals surface area contributed by atoms with Gasteiger partial charge in [0.2, 0.25) is 0 Å². The first-order valence-corrected chi connectivity index (χ1v) is 6.89. The monoisotopic (exact) mass is 281 g/mol. The second-order valence-corrected chi connectivity index (χ2v) is 5.39. The number of aromatic nitrogens is 1. The molecular weight excluding hydrogens is 270 g/mol. The van der Waals surface area contributed by atoms with Crippen LogP contribution in [-0.2, 0) is 4.79 Å². The molecule has 3 rings (SSSR count). The molecule has 98 valence electrons. The van der Waals surface area contributed by atoms with Crippen LogP contribution in [0.3, 0.4) is 0 Å². The van der Waals surface area contributed by atoms with Crippen molar-refractivity contribution in [1.29, 1.82) is 0 Å². The standard InChI is InChI=1S/C16H11NO2S/c18-16(19)7-5-12-4-6-15(20-12)13-3-1-2-11-8-9-17-10-14(11)13/h1-10H,(H,18,19)/b7-5+. The molecule has 4 heteroatoms. The number of carbonyl (C=O) groups is 1. The Hall–Kier alpha value is -2.46. The molecule has 3 nitrogen and oxygen atoms in total. The highest BCUT2D eigenvalue weighted by atomic mass is 32.1. The second-order valence-electron chi connectivity index (χ2n) is 4.28. The van der Waals surface area contributed by atoms with Gasteiger partial charge in [0.05, 0.1) is 0 Å². The van der Waals surface area contributed by atoms with Crippen LogP contribution in [-0.4, -0.2) is 16.1 Å².